The van der Waals surface area contributed by atoms with Crippen molar-refractivity contribution in [1.82, 2.24) is 14.7 Å². The molecule has 0 aliphatic heterocycles. The van der Waals surface area contributed by atoms with E-state index in [1.54, 1.807) is 36.4 Å². The highest BCUT2D eigenvalue weighted by atomic mass is 35.5. The molecule has 0 saturated carbocycles. The number of para-hydroxylation sites is 1. The summed E-state index contributed by atoms with van der Waals surface area (Å²) in [5.41, 5.74) is 1.01. The van der Waals surface area contributed by atoms with E-state index >= 15 is 0 Å². The highest BCUT2D eigenvalue weighted by Crippen LogP contribution is 2.37. The summed E-state index contributed by atoms with van der Waals surface area (Å²) in [6.45, 7) is -0.697. The highest BCUT2D eigenvalue weighted by Gasteiger charge is 2.28. The Labute approximate surface area is 222 Å². The predicted molar refractivity (Wildman–Crippen MR) is 139 cm³/mol. The van der Waals surface area contributed by atoms with E-state index in [-0.39, 0.29) is 33.9 Å². The number of aromatic nitrogens is 2. The van der Waals surface area contributed by atoms with E-state index in [4.69, 9.17) is 27.9 Å². The molecule has 0 atom stereocenters. The minimum absolute atomic E-state index is 0.0479. The Hall–Kier alpha value is -2.68. The number of thiazole rings is 1. The molecule has 2 N–H and O–H groups in total. The molecule has 186 valence electrons. The van der Waals surface area contributed by atoms with E-state index in [1.807, 2.05) is 4.72 Å². The fraction of sp³-hybridized carbons (Fsp3) is 0.0476. The molecular weight excluding hydrogens is 589 g/mol. The van der Waals surface area contributed by atoms with Crippen LogP contribution in [0.3, 0.4) is 0 Å². The van der Waals surface area contributed by atoms with Crippen LogP contribution in [-0.4, -0.2) is 39.3 Å². The van der Waals surface area contributed by atoms with Crippen molar-refractivity contribution in [2.45, 2.75) is 13.4 Å². The Morgan fingerprint density at radius 1 is 1.06 bits per heavy atom. The van der Waals surface area contributed by atoms with E-state index in [1.165, 1.54) is 12.3 Å². The number of halogens is 2. The molecule has 0 radical (unpaired) electrons. The Balaban J connectivity index is 1.42. The number of amides is 1. The minimum atomic E-state index is -4.22. The van der Waals surface area contributed by atoms with Gasteiger partial charge in [0, 0.05) is 6.20 Å². The van der Waals surface area contributed by atoms with Crippen LogP contribution in [-0.2, 0) is 24.7 Å². The Kier molecular flexibility index (Phi) is 6.47. The standard InChI is InChI=1S/C21H13Cl2N3O6S4/c22-11-8-18(34-20(11)23)36(30,31)26-17(27)10-32-14-6-3-5-13-19(14)16(9-24-13)35(28,29)21-25-12-4-1-2-7-15(12)33-21/h1-9,24H,10H2,(H,26,27). The zero-order valence-corrected chi connectivity index (χ0v) is 22.5. The van der Waals surface area contributed by atoms with Crippen LogP contribution in [0.2, 0.25) is 9.36 Å². The Morgan fingerprint density at radius 2 is 1.83 bits per heavy atom. The van der Waals surface area contributed by atoms with Crippen LogP contribution in [0, 0.1) is 0 Å². The van der Waals surface area contributed by atoms with E-state index in [0.29, 0.717) is 22.4 Å². The summed E-state index contributed by atoms with van der Waals surface area (Å²) in [5.74, 6) is -0.901. The third-order valence-corrected chi connectivity index (χ3v) is 11.8. The van der Waals surface area contributed by atoms with Gasteiger partial charge in [-0.15, -0.1) is 22.7 Å². The number of rotatable bonds is 7. The van der Waals surface area contributed by atoms with Gasteiger partial charge >= 0.3 is 0 Å². The Morgan fingerprint density at radius 3 is 2.56 bits per heavy atom. The third kappa shape index (κ3) is 4.58. The maximum absolute atomic E-state index is 13.4. The van der Waals surface area contributed by atoms with Crippen LogP contribution in [0.15, 0.2) is 68.2 Å². The smallest absolute Gasteiger partial charge is 0.273 e. The number of fused-ring (bicyclic) bond motifs is 2. The quantitative estimate of drug-likeness (QED) is 0.272. The van der Waals surface area contributed by atoms with Gasteiger partial charge in [0.25, 0.3) is 15.9 Å². The molecule has 0 aliphatic rings. The number of carbonyl (C=O) groups excluding carboxylic acids is 1. The normalized spacial score (nSPS) is 12.3. The van der Waals surface area contributed by atoms with Crippen molar-refractivity contribution in [3.05, 3.63) is 64.1 Å². The number of nitrogens with one attached hydrogen (secondary N) is 2. The van der Waals surface area contributed by atoms with Gasteiger partial charge in [0.15, 0.2) is 6.61 Å². The van der Waals surface area contributed by atoms with Crippen molar-refractivity contribution in [2.75, 3.05) is 6.61 Å². The lowest BCUT2D eigenvalue weighted by molar-refractivity contribution is -0.121. The molecule has 2 aromatic carbocycles. The van der Waals surface area contributed by atoms with Crippen LogP contribution in [0.4, 0.5) is 0 Å². The molecule has 0 unspecified atom stereocenters. The van der Waals surface area contributed by atoms with Gasteiger partial charge < -0.3 is 9.72 Å². The largest absolute Gasteiger partial charge is 0.483 e. The predicted octanol–water partition coefficient (Wildman–Crippen LogP) is 4.86. The summed E-state index contributed by atoms with van der Waals surface area (Å²) in [6, 6.07) is 12.9. The second-order valence-corrected chi connectivity index (χ2v) is 14.4. The van der Waals surface area contributed by atoms with Gasteiger partial charge in [0.2, 0.25) is 14.2 Å². The summed E-state index contributed by atoms with van der Waals surface area (Å²) >= 11 is 13.3. The monoisotopic (exact) mass is 601 g/mol. The lowest BCUT2D eigenvalue weighted by atomic mass is 10.2. The maximum Gasteiger partial charge on any atom is 0.273 e. The summed E-state index contributed by atoms with van der Waals surface area (Å²) < 4.78 is 59.6. The number of hydrogen-bond acceptors (Lipinski definition) is 9. The molecule has 15 heteroatoms. The van der Waals surface area contributed by atoms with Crippen molar-refractivity contribution in [2.24, 2.45) is 0 Å². The van der Waals surface area contributed by atoms with E-state index in [9.17, 15) is 21.6 Å². The van der Waals surface area contributed by atoms with Crippen molar-refractivity contribution in [3.8, 4) is 5.75 Å². The fourth-order valence-corrected chi connectivity index (χ4v) is 8.97. The molecule has 5 rings (SSSR count). The topological polar surface area (TPSA) is 135 Å². The molecule has 3 heterocycles. The van der Waals surface area contributed by atoms with Crippen LogP contribution in [0.1, 0.15) is 0 Å². The molecule has 0 aliphatic carbocycles. The van der Waals surface area contributed by atoms with E-state index in [0.717, 1.165) is 22.1 Å². The van der Waals surface area contributed by atoms with E-state index < -0.39 is 32.4 Å². The van der Waals surface area contributed by atoms with Crippen LogP contribution in [0.25, 0.3) is 21.1 Å². The summed E-state index contributed by atoms with van der Waals surface area (Å²) in [4.78, 5) is 19.4. The number of sulfonamides is 1. The number of carbonyl (C=O) groups is 1. The zero-order chi connectivity index (χ0) is 25.7. The molecule has 0 bridgehead atoms. The van der Waals surface area contributed by atoms with Gasteiger partial charge in [-0.3, -0.25) is 4.79 Å². The first kappa shape index (κ1) is 25.0. The second kappa shape index (κ2) is 9.32. The van der Waals surface area contributed by atoms with Gasteiger partial charge in [0.1, 0.15) is 19.2 Å². The molecule has 0 fully saturated rings. The van der Waals surface area contributed by atoms with Gasteiger partial charge in [-0.1, -0.05) is 41.4 Å². The number of nitrogens with zero attached hydrogens (tertiary/aromatic N) is 1. The fourth-order valence-electron chi connectivity index (χ4n) is 3.35. The number of H-pyrrole nitrogens is 1. The minimum Gasteiger partial charge on any atom is -0.483 e. The summed E-state index contributed by atoms with van der Waals surface area (Å²) in [6.07, 6.45) is 1.33. The number of aromatic amines is 1. The van der Waals surface area contributed by atoms with E-state index in [2.05, 4.69) is 9.97 Å². The molecule has 1 amide bonds. The average Bonchev–Trinajstić information content (AvgIpc) is 3.55. The number of sulfone groups is 1. The third-order valence-electron chi connectivity index (χ3n) is 4.92. The highest BCUT2D eigenvalue weighted by molar-refractivity contribution is 7.93. The van der Waals surface area contributed by atoms with Crippen molar-refractivity contribution < 1.29 is 26.4 Å². The molecule has 5 aromatic rings. The average molecular weight is 603 g/mol. The number of hydrogen-bond donors (Lipinski definition) is 2. The molecule has 3 aromatic heterocycles. The summed E-state index contributed by atoms with van der Waals surface area (Å²) in [7, 11) is -8.25. The van der Waals surface area contributed by atoms with Gasteiger partial charge in [-0.05, 0) is 30.3 Å². The number of ether oxygens (including phenoxy) is 1. The van der Waals surface area contributed by atoms with Crippen molar-refractivity contribution in [3.63, 3.8) is 0 Å². The lowest BCUT2D eigenvalue weighted by Crippen LogP contribution is -2.34. The summed E-state index contributed by atoms with van der Waals surface area (Å²) in [5, 5.41) is 0.260. The van der Waals surface area contributed by atoms with Crippen LogP contribution >= 0.6 is 45.9 Å². The number of thiophene rings is 1. The molecule has 0 saturated heterocycles. The first-order valence-electron chi connectivity index (χ1n) is 9.90. The maximum atomic E-state index is 13.4. The number of benzene rings is 2. The molecule has 9 nitrogen and oxygen atoms in total. The lowest BCUT2D eigenvalue weighted by Gasteiger charge is -2.09. The van der Waals surface area contributed by atoms with Gasteiger partial charge in [-0.25, -0.2) is 26.5 Å². The molecular formula is C21H13Cl2N3O6S4. The van der Waals surface area contributed by atoms with Gasteiger partial charge in [0.05, 0.1) is 26.1 Å². The van der Waals surface area contributed by atoms with Crippen LogP contribution < -0.4 is 9.46 Å². The first-order valence-corrected chi connectivity index (χ1v) is 15.3. The molecule has 0 spiro atoms. The van der Waals surface area contributed by atoms with Crippen LogP contribution in [0.5, 0.6) is 5.75 Å². The van der Waals surface area contributed by atoms with Crippen molar-refractivity contribution >= 4 is 92.8 Å². The van der Waals surface area contributed by atoms with Gasteiger partial charge in [-0.2, -0.15) is 0 Å². The first-order chi connectivity index (χ1) is 17.1. The zero-order valence-electron chi connectivity index (χ0n) is 17.7. The second-order valence-electron chi connectivity index (χ2n) is 7.29. The molecule has 36 heavy (non-hydrogen) atoms. The SMILES string of the molecule is O=C(COc1cccc2[nH]cc(S(=O)(=O)c3nc4ccccc4s3)c12)NS(=O)(=O)c1cc(Cl)c(Cl)s1. The van der Waals surface area contributed by atoms with Crippen molar-refractivity contribution in [1.29, 1.82) is 0 Å². The Bertz CT molecular complexity index is 1810.